The van der Waals surface area contributed by atoms with Crippen molar-refractivity contribution in [3.05, 3.63) is 62.4 Å². The van der Waals surface area contributed by atoms with E-state index in [1.165, 1.54) is 29.6 Å². The summed E-state index contributed by atoms with van der Waals surface area (Å²) in [4.78, 5) is 41.4. The van der Waals surface area contributed by atoms with Gasteiger partial charge in [-0.05, 0) is 24.3 Å². The molecule has 0 aliphatic carbocycles. The molecule has 1 amide bonds. The van der Waals surface area contributed by atoms with E-state index in [4.69, 9.17) is 11.6 Å². The summed E-state index contributed by atoms with van der Waals surface area (Å²) in [6.07, 6.45) is 1.51. The molecule has 0 saturated heterocycles. The van der Waals surface area contributed by atoms with Crippen LogP contribution in [0.3, 0.4) is 0 Å². The summed E-state index contributed by atoms with van der Waals surface area (Å²) in [5, 5.41) is 3.59. The Morgan fingerprint density at radius 2 is 2.00 bits per heavy atom. The van der Waals surface area contributed by atoms with Crippen LogP contribution >= 0.6 is 23.4 Å². The topological polar surface area (TPSA) is 86.0 Å². The third-order valence-corrected chi connectivity index (χ3v) is 5.06. The van der Waals surface area contributed by atoms with Gasteiger partial charge in [0.25, 0.3) is 5.56 Å². The van der Waals surface area contributed by atoms with Crippen LogP contribution in [0.4, 0.5) is 5.69 Å². The molecule has 0 atom stereocenters. The summed E-state index contributed by atoms with van der Waals surface area (Å²) < 4.78 is 2.34. The van der Waals surface area contributed by atoms with Gasteiger partial charge in [0.05, 0.1) is 11.1 Å². The highest BCUT2D eigenvalue weighted by Gasteiger charge is 2.14. The van der Waals surface area contributed by atoms with E-state index in [2.05, 4.69) is 10.3 Å². The molecule has 1 N–H and O–H groups in total. The first-order valence-electron chi connectivity index (χ1n) is 7.61. The van der Waals surface area contributed by atoms with Crippen LogP contribution in [0.25, 0.3) is 11.0 Å². The molecule has 0 spiro atoms. The number of pyridine rings is 1. The number of aryl methyl sites for hydroxylation is 1. The second-order valence-electron chi connectivity index (χ2n) is 5.56. The van der Waals surface area contributed by atoms with Gasteiger partial charge < -0.3 is 5.32 Å². The molecule has 0 aliphatic rings. The Labute approximate surface area is 157 Å². The Hall–Kier alpha value is -2.58. The summed E-state index contributed by atoms with van der Waals surface area (Å²) in [6.45, 7) is 0. The number of amides is 1. The number of rotatable bonds is 4. The molecule has 3 rings (SSSR count). The first-order chi connectivity index (χ1) is 12.4. The standard InChI is InChI=1S/C17H15ClN4O3S/c1-21-15-14(16(24)22(2)17(21)25)12(6-7-19-15)26-9-13(23)20-11-5-3-4-10(18)8-11/h3-8H,9H2,1-2H3,(H,20,23). The van der Waals surface area contributed by atoms with Gasteiger partial charge in [0.15, 0.2) is 0 Å². The summed E-state index contributed by atoms with van der Waals surface area (Å²) in [5.74, 6) is -0.138. The zero-order valence-electron chi connectivity index (χ0n) is 14.0. The normalized spacial score (nSPS) is 10.9. The number of benzene rings is 1. The number of carbonyl (C=O) groups excluding carboxylic acids is 1. The molecule has 0 radical (unpaired) electrons. The number of thioether (sulfide) groups is 1. The largest absolute Gasteiger partial charge is 0.332 e. The lowest BCUT2D eigenvalue weighted by Gasteiger charge is -2.10. The molecule has 7 nitrogen and oxygen atoms in total. The van der Waals surface area contributed by atoms with Crippen LogP contribution in [-0.2, 0) is 18.9 Å². The van der Waals surface area contributed by atoms with Crippen molar-refractivity contribution in [1.29, 1.82) is 0 Å². The highest BCUT2D eigenvalue weighted by molar-refractivity contribution is 8.00. The quantitative estimate of drug-likeness (QED) is 0.689. The van der Waals surface area contributed by atoms with Gasteiger partial charge in [-0.3, -0.25) is 18.7 Å². The Bertz CT molecular complexity index is 1120. The summed E-state index contributed by atoms with van der Waals surface area (Å²) in [7, 11) is 2.97. The van der Waals surface area contributed by atoms with Crippen LogP contribution in [0.1, 0.15) is 0 Å². The average molecular weight is 391 g/mol. The minimum atomic E-state index is -0.448. The highest BCUT2D eigenvalue weighted by atomic mass is 35.5. The van der Waals surface area contributed by atoms with Gasteiger partial charge in [0.2, 0.25) is 5.91 Å². The Morgan fingerprint density at radius 3 is 2.73 bits per heavy atom. The van der Waals surface area contributed by atoms with Gasteiger partial charge in [0, 0.05) is 35.9 Å². The van der Waals surface area contributed by atoms with Crippen molar-refractivity contribution in [2.24, 2.45) is 14.1 Å². The fraction of sp³-hybridized carbons (Fsp3) is 0.176. The predicted molar refractivity (Wildman–Crippen MR) is 103 cm³/mol. The molecular weight excluding hydrogens is 376 g/mol. The van der Waals surface area contributed by atoms with Gasteiger partial charge in [-0.25, -0.2) is 9.78 Å². The molecule has 9 heteroatoms. The summed E-state index contributed by atoms with van der Waals surface area (Å²) in [6, 6.07) is 8.51. The Morgan fingerprint density at radius 1 is 1.23 bits per heavy atom. The number of carbonyl (C=O) groups is 1. The molecule has 0 fully saturated rings. The van der Waals surface area contributed by atoms with Crippen molar-refractivity contribution < 1.29 is 4.79 Å². The van der Waals surface area contributed by atoms with Crippen molar-refractivity contribution in [2.45, 2.75) is 4.90 Å². The number of hydrogen-bond acceptors (Lipinski definition) is 5. The molecule has 26 heavy (non-hydrogen) atoms. The van der Waals surface area contributed by atoms with Gasteiger partial charge in [-0.1, -0.05) is 17.7 Å². The molecular formula is C17H15ClN4O3S. The molecule has 134 valence electrons. The summed E-state index contributed by atoms with van der Waals surface area (Å²) in [5.41, 5.74) is 0.00384. The number of nitrogens with zero attached hydrogens (tertiary/aromatic N) is 3. The zero-order chi connectivity index (χ0) is 18.8. The number of fused-ring (bicyclic) bond motifs is 1. The van der Waals surface area contributed by atoms with Crippen LogP contribution in [0.15, 0.2) is 51.0 Å². The van der Waals surface area contributed by atoms with Gasteiger partial charge in [-0.15, -0.1) is 11.8 Å². The lowest BCUT2D eigenvalue weighted by Crippen LogP contribution is -2.37. The number of hydrogen-bond donors (Lipinski definition) is 1. The maximum atomic E-state index is 12.5. The molecule has 2 aromatic heterocycles. The van der Waals surface area contributed by atoms with E-state index in [9.17, 15) is 14.4 Å². The molecule has 0 saturated carbocycles. The molecule has 3 aromatic rings. The molecule has 1 aromatic carbocycles. The number of nitrogens with one attached hydrogen (secondary N) is 1. The number of aromatic nitrogens is 3. The molecule has 0 aliphatic heterocycles. The van der Waals surface area contributed by atoms with Crippen LogP contribution < -0.4 is 16.6 Å². The van der Waals surface area contributed by atoms with Gasteiger partial charge in [-0.2, -0.15) is 0 Å². The van der Waals surface area contributed by atoms with Crippen LogP contribution in [0.2, 0.25) is 5.02 Å². The van der Waals surface area contributed by atoms with E-state index in [0.29, 0.717) is 26.6 Å². The van der Waals surface area contributed by atoms with E-state index in [0.717, 1.165) is 4.57 Å². The van der Waals surface area contributed by atoms with E-state index in [1.807, 2.05) is 0 Å². The van der Waals surface area contributed by atoms with E-state index in [-0.39, 0.29) is 11.7 Å². The highest BCUT2D eigenvalue weighted by Crippen LogP contribution is 2.24. The number of anilines is 1. The second-order valence-corrected chi connectivity index (χ2v) is 7.01. The maximum absolute atomic E-state index is 12.5. The Balaban J connectivity index is 1.87. The van der Waals surface area contributed by atoms with Crippen molar-refractivity contribution in [2.75, 3.05) is 11.1 Å². The molecule has 0 unspecified atom stereocenters. The van der Waals surface area contributed by atoms with Gasteiger partial charge >= 0.3 is 5.69 Å². The third-order valence-electron chi connectivity index (χ3n) is 3.77. The minimum absolute atomic E-state index is 0.0949. The van der Waals surface area contributed by atoms with Crippen LogP contribution in [-0.4, -0.2) is 25.8 Å². The fourth-order valence-electron chi connectivity index (χ4n) is 2.49. The van der Waals surface area contributed by atoms with Gasteiger partial charge in [0.1, 0.15) is 5.65 Å². The number of halogens is 1. The monoisotopic (exact) mass is 390 g/mol. The first-order valence-corrected chi connectivity index (χ1v) is 8.98. The van der Waals surface area contributed by atoms with Crippen LogP contribution in [0, 0.1) is 0 Å². The van der Waals surface area contributed by atoms with Crippen molar-refractivity contribution in [1.82, 2.24) is 14.1 Å². The predicted octanol–water partition coefficient (Wildman–Crippen LogP) is 2.02. The van der Waals surface area contributed by atoms with Crippen molar-refractivity contribution >= 4 is 46.0 Å². The smallest absolute Gasteiger partial charge is 0.325 e. The maximum Gasteiger partial charge on any atom is 0.332 e. The lowest BCUT2D eigenvalue weighted by atomic mass is 10.3. The van der Waals surface area contributed by atoms with Crippen molar-refractivity contribution in [3.63, 3.8) is 0 Å². The molecule has 0 bridgehead atoms. The minimum Gasteiger partial charge on any atom is -0.325 e. The van der Waals surface area contributed by atoms with Crippen molar-refractivity contribution in [3.8, 4) is 0 Å². The van der Waals surface area contributed by atoms with E-state index >= 15 is 0 Å². The SMILES string of the molecule is Cn1c(=O)c2c(SCC(=O)Nc3cccc(Cl)c3)ccnc2n(C)c1=O. The first kappa shape index (κ1) is 18.2. The van der Waals surface area contributed by atoms with E-state index < -0.39 is 11.2 Å². The fourth-order valence-corrected chi connectivity index (χ4v) is 3.52. The second kappa shape index (κ2) is 7.35. The van der Waals surface area contributed by atoms with E-state index in [1.54, 1.807) is 37.4 Å². The lowest BCUT2D eigenvalue weighted by molar-refractivity contribution is -0.113. The summed E-state index contributed by atoms with van der Waals surface area (Å²) >= 11 is 7.10. The Kier molecular flexibility index (Phi) is 5.15. The average Bonchev–Trinajstić information content (AvgIpc) is 2.62. The molecule has 2 heterocycles. The third kappa shape index (κ3) is 3.51. The zero-order valence-corrected chi connectivity index (χ0v) is 15.6. The van der Waals surface area contributed by atoms with Crippen LogP contribution in [0.5, 0.6) is 0 Å².